The lowest BCUT2D eigenvalue weighted by Crippen LogP contribution is -2.13. The number of aryl methyl sites for hydroxylation is 1. The molecular weight excluding hydrogens is 272 g/mol. The Kier molecular flexibility index (Phi) is 3.08. The van der Waals surface area contributed by atoms with E-state index in [1.807, 2.05) is 36.6 Å². The third kappa shape index (κ3) is 2.21. The highest BCUT2D eigenvalue weighted by Crippen LogP contribution is 2.23. The van der Waals surface area contributed by atoms with E-state index >= 15 is 0 Å². The quantitative estimate of drug-likeness (QED) is 0.758. The van der Waals surface area contributed by atoms with Crippen LogP contribution in [0.25, 0.3) is 10.8 Å². The number of nitrogen functional groups attached to an aromatic ring is 1. The number of carbonyl (C=O) groups excluding carboxylic acids is 1. The molecule has 0 atom stereocenters. The van der Waals surface area contributed by atoms with Gasteiger partial charge in [0.1, 0.15) is 5.82 Å². The molecule has 3 N–H and O–H groups in total. The van der Waals surface area contributed by atoms with E-state index in [1.165, 1.54) is 17.5 Å². The van der Waals surface area contributed by atoms with Crippen molar-refractivity contribution in [2.24, 2.45) is 0 Å². The maximum absolute atomic E-state index is 12.3. The topological polar surface area (TPSA) is 80.9 Å². The molecule has 0 aliphatic carbocycles. The van der Waals surface area contributed by atoms with Crippen molar-refractivity contribution in [2.45, 2.75) is 6.92 Å². The number of hydrogen-bond acceptors (Lipinski definition) is 5. The van der Waals surface area contributed by atoms with Crippen molar-refractivity contribution in [1.82, 2.24) is 9.97 Å². The molecule has 0 aliphatic heterocycles. The minimum Gasteiger partial charge on any atom is -0.383 e. The van der Waals surface area contributed by atoms with Crippen molar-refractivity contribution in [1.29, 1.82) is 0 Å². The first-order valence-electron chi connectivity index (χ1n) is 6.02. The highest BCUT2D eigenvalue weighted by atomic mass is 32.1. The number of nitrogens with one attached hydrogen (secondary N) is 1. The highest BCUT2D eigenvalue weighted by molar-refractivity contribution is 7.13. The maximum Gasteiger partial charge on any atom is 0.259 e. The van der Waals surface area contributed by atoms with Gasteiger partial charge < -0.3 is 5.73 Å². The number of benzene rings is 1. The Bertz CT molecular complexity index is 797. The van der Waals surface area contributed by atoms with Gasteiger partial charge in [0.2, 0.25) is 0 Å². The Morgan fingerprint density at radius 3 is 2.75 bits per heavy atom. The molecule has 6 heteroatoms. The summed E-state index contributed by atoms with van der Waals surface area (Å²) in [5, 5.41) is 6.80. The van der Waals surface area contributed by atoms with Gasteiger partial charge in [-0.05, 0) is 12.3 Å². The van der Waals surface area contributed by atoms with Crippen molar-refractivity contribution < 1.29 is 4.79 Å². The predicted octanol–water partition coefficient (Wildman–Crippen LogP) is 2.83. The molecule has 0 saturated carbocycles. The highest BCUT2D eigenvalue weighted by Gasteiger charge is 2.13. The lowest BCUT2D eigenvalue weighted by atomic mass is 10.1. The smallest absolute Gasteiger partial charge is 0.259 e. The largest absolute Gasteiger partial charge is 0.383 e. The lowest BCUT2D eigenvalue weighted by molar-refractivity contribution is 0.102. The van der Waals surface area contributed by atoms with Crippen LogP contribution in [-0.2, 0) is 0 Å². The number of rotatable bonds is 2. The summed E-state index contributed by atoms with van der Waals surface area (Å²) in [5.74, 6) is 0.185. The number of pyridine rings is 1. The number of hydrogen-bond donors (Lipinski definition) is 2. The average Bonchev–Trinajstić information content (AvgIpc) is 2.84. The summed E-state index contributed by atoms with van der Waals surface area (Å²) >= 11 is 1.39. The summed E-state index contributed by atoms with van der Waals surface area (Å²) in [4.78, 5) is 20.6. The van der Waals surface area contributed by atoms with Crippen LogP contribution in [0.2, 0.25) is 0 Å². The van der Waals surface area contributed by atoms with Crippen LogP contribution in [0.15, 0.2) is 35.8 Å². The molecule has 100 valence electrons. The van der Waals surface area contributed by atoms with Crippen LogP contribution in [0.5, 0.6) is 0 Å². The number of aromatic nitrogens is 2. The second kappa shape index (κ2) is 4.90. The van der Waals surface area contributed by atoms with E-state index in [-0.39, 0.29) is 5.91 Å². The molecule has 3 rings (SSSR count). The van der Waals surface area contributed by atoms with E-state index in [0.29, 0.717) is 16.5 Å². The van der Waals surface area contributed by atoms with E-state index in [2.05, 4.69) is 15.3 Å². The molecule has 5 nitrogen and oxygen atoms in total. The summed E-state index contributed by atoms with van der Waals surface area (Å²) in [5.41, 5.74) is 7.20. The molecule has 0 unspecified atom stereocenters. The Labute approximate surface area is 119 Å². The normalized spacial score (nSPS) is 10.7. The average molecular weight is 284 g/mol. The van der Waals surface area contributed by atoms with Crippen molar-refractivity contribution in [3.63, 3.8) is 0 Å². The summed E-state index contributed by atoms with van der Waals surface area (Å²) in [6.45, 7) is 1.88. The van der Waals surface area contributed by atoms with Gasteiger partial charge in [-0.1, -0.05) is 24.3 Å². The second-order valence-corrected chi connectivity index (χ2v) is 5.21. The number of thiazole rings is 1. The first-order chi connectivity index (χ1) is 9.65. The van der Waals surface area contributed by atoms with Gasteiger partial charge in [0.05, 0.1) is 11.3 Å². The lowest BCUT2D eigenvalue weighted by Gasteiger charge is -2.07. The van der Waals surface area contributed by atoms with Gasteiger partial charge >= 0.3 is 0 Å². The number of fused-ring (bicyclic) bond motifs is 1. The van der Waals surface area contributed by atoms with Crippen LogP contribution in [0, 0.1) is 6.92 Å². The van der Waals surface area contributed by atoms with E-state index in [9.17, 15) is 4.79 Å². The van der Waals surface area contributed by atoms with Gasteiger partial charge in [0, 0.05) is 17.0 Å². The van der Waals surface area contributed by atoms with Gasteiger partial charge in [-0.2, -0.15) is 0 Å². The SMILES string of the molecule is Cc1csc(NC(=O)c2cnc(N)c3ccccc23)n1. The van der Waals surface area contributed by atoms with Crippen LogP contribution in [0.4, 0.5) is 10.9 Å². The Morgan fingerprint density at radius 2 is 2.05 bits per heavy atom. The Balaban J connectivity index is 2.01. The molecule has 0 radical (unpaired) electrons. The van der Waals surface area contributed by atoms with Crippen LogP contribution in [0.3, 0.4) is 0 Å². The number of nitrogens with zero attached hydrogens (tertiary/aromatic N) is 2. The van der Waals surface area contributed by atoms with Gasteiger partial charge in [0.25, 0.3) is 5.91 Å². The molecule has 1 amide bonds. The standard InChI is InChI=1S/C14H12N4OS/c1-8-7-20-14(17-8)18-13(19)11-6-16-12(15)10-5-3-2-4-9(10)11/h2-7H,1H3,(H2,15,16)(H,17,18,19). The minimum atomic E-state index is -0.233. The van der Waals surface area contributed by atoms with Crippen LogP contribution in [0.1, 0.15) is 16.1 Å². The molecule has 1 aromatic carbocycles. The third-order valence-corrected chi connectivity index (χ3v) is 3.79. The number of anilines is 2. The summed E-state index contributed by atoms with van der Waals surface area (Å²) in [7, 11) is 0. The molecule has 20 heavy (non-hydrogen) atoms. The number of nitrogens with two attached hydrogens (primary N) is 1. The fourth-order valence-electron chi connectivity index (χ4n) is 1.97. The number of amides is 1. The Hall–Kier alpha value is -2.47. The van der Waals surface area contributed by atoms with E-state index in [1.54, 1.807) is 0 Å². The zero-order chi connectivity index (χ0) is 14.1. The molecule has 2 aromatic heterocycles. The van der Waals surface area contributed by atoms with Crippen molar-refractivity contribution in [2.75, 3.05) is 11.1 Å². The molecule has 0 spiro atoms. The van der Waals surface area contributed by atoms with Gasteiger partial charge in [0.15, 0.2) is 5.13 Å². The molecule has 0 aliphatic rings. The van der Waals surface area contributed by atoms with Crippen LogP contribution < -0.4 is 11.1 Å². The summed E-state index contributed by atoms with van der Waals surface area (Å²) in [6, 6.07) is 7.44. The fraction of sp³-hybridized carbons (Fsp3) is 0.0714. The fourth-order valence-corrected chi connectivity index (χ4v) is 2.65. The second-order valence-electron chi connectivity index (χ2n) is 4.35. The maximum atomic E-state index is 12.3. The Morgan fingerprint density at radius 1 is 1.30 bits per heavy atom. The van der Waals surface area contributed by atoms with Crippen LogP contribution >= 0.6 is 11.3 Å². The molecule has 2 heterocycles. The molecule has 3 aromatic rings. The first kappa shape index (κ1) is 12.6. The zero-order valence-corrected chi connectivity index (χ0v) is 11.6. The summed E-state index contributed by atoms with van der Waals surface area (Å²) in [6.07, 6.45) is 1.49. The summed E-state index contributed by atoms with van der Waals surface area (Å²) < 4.78 is 0. The zero-order valence-electron chi connectivity index (χ0n) is 10.8. The minimum absolute atomic E-state index is 0.233. The predicted molar refractivity (Wildman–Crippen MR) is 81.0 cm³/mol. The van der Waals surface area contributed by atoms with Crippen molar-refractivity contribution >= 4 is 39.0 Å². The molecular formula is C14H12N4OS. The molecule has 0 saturated heterocycles. The number of carbonyl (C=O) groups is 1. The van der Waals surface area contributed by atoms with Crippen molar-refractivity contribution in [3.8, 4) is 0 Å². The first-order valence-corrected chi connectivity index (χ1v) is 6.90. The monoisotopic (exact) mass is 284 g/mol. The van der Waals surface area contributed by atoms with E-state index in [0.717, 1.165) is 16.5 Å². The van der Waals surface area contributed by atoms with Crippen LogP contribution in [-0.4, -0.2) is 15.9 Å². The molecule has 0 bridgehead atoms. The van der Waals surface area contributed by atoms with Gasteiger partial charge in [-0.15, -0.1) is 11.3 Å². The van der Waals surface area contributed by atoms with Gasteiger partial charge in [-0.3, -0.25) is 10.1 Å². The van der Waals surface area contributed by atoms with Gasteiger partial charge in [-0.25, -0.2) is 9.97 Å². The van der Waals surface area contributed by atoms with E-state index < -0.39 is 0 Å². The molecule has 0 fully saturated rings. The third-order valence-electron chi connectivity index (χ3n) is 2.91. The van der Waals surface area contributed by atoms with E-state index in [4.69, 9.17) is 5.73 Å². The van der Waals surface area contributed by atoms with Crippen molar-refractivity contribution in [3.05, 3.63) is 47.1 Å².